The number of aliphatic hydroxyl groups is 1. The third-order valence-electron chi connectivity index (χ3n) is 6.71. The molecule has 35 heavy (non-hydrogen) atoms. The van der Waals surface area contributed by atoms with Crippen molar-refractivity contribution in [3.05, 3.63) is 71.6 Å². The number of nitrogen functional groups attached to an aromatic ring is 1. The van der Waals surface area contributed by atoms with Crippen molar-refractivity contribution in [2.75, 3.05) is 18.9 Å². The van der Waals surface area contributed by atoms with E-state index in [4.69, 9.17) is 24.9 Å². The maximum atomic E-state index is 14.8. The Morgan fingerprint density at radius 2 is 2.00 bits per heavy atom. The van der Waals surface area contributed by atoms with Gasteiger partial charge in [0.2, 0.25) is 0 Å². The van der Waals surface area contributed by atoms with Gasteiger partial charge in [-0.1, -0.05) is 6.07 Å². The molecule has 180 valence electrons. The molecule has 1 saturated heterocycles. The van der Waals surface area contributed by atoms with Crippen molar-refractivity contribution in [1.29, 1.82) is 0 Å². The minimum absolute atomic E-state index is 0.0225. The van der Waals surface area contributed by atoms with Gasteiger partial charge < -0.3 is 25.1 Å². The normalized spacial score (nSPS) is 19.7. The summed E-state index contributed by atoms with van der Waals surface area (Å²) in [6, 6.07) is 10.8. The van der Waals surface area contributed by atoms with Crippen molar-refractivity contribution in [2.24, 2.45) is 0 Å². The number of rotatable bonds is 5. The first-order valence-electron chi connectivity index (χ1n) is 11.6. The Morgan fingerprint density at radius 1 is 1.14 bits per heavy atom. The molecule has 0 aliphatic carbocycles. The van der Waals surface area contributed by atoms with E-state index >= 15 is 0 Å². The molecule has 9 heteroatoms. The van der Waals surface area contributed by atoms with Gasteiger partial charge in [0.1, 0.15) is 28.6 Å². The molecule has 0 spiro atoms. The van der Waals surface area contributed by atoms with Crippen molar-refractivity contribution in [3.8, 4) is 22.8 Å². The zero-order valence-electron chi connectivity index (χ0n) is 19.0. The fourth-order valence-electron chi connectivity index (χ4n) is 4.81. The van der Waals surface area contributed by atoms with E-state index in [1.807, 2.05) is 28.8 Å². The van der Waals surface area contributed by atoms with Crippen LogP contribution in [-0.2, 0) is 22.7 Å². The molecule has 4 aromatic rings. The maximum Gasteiger partial charge on any atom is 0.171 e. The number of aromatic nitrogens is 3. The van der Waals surface area contributed by atoms with E-state index < -0.39 is 0 Å². The molecular weight excluding hydrogens is 451 g/mol. The topological polar surface area (TPSA) is 104 Å². The molecule has 4 heterocycles. The molecule has 3 N–H and O–H groups in total. The van der Waals surface area contributed by atoms with Crippen molar-refractivity contribution in [3.63, 3.8) is 0 Å². The lowest BCUT2D eigenvalue weighted by Gasteiger charge is -2.27. The quantitative estimate of drug-likeness (QED) is 0.445. The van der Waals surface area contributed by atoms with Gasteiger partial charge in [-0.05, 0) is 48.7 Å². The largest absolute Gasteiger partial charge is 0.454 e. The van der Waals surface area contributed by atoms with Gasteiger partial charge in [-0.3, -0.25) is 4.40 Å². The van der Waals surface area contributed by atoms with E-state index in [-0.39, 0.29) is 36.8 Å². The van der Waals surface area contributed by atoms with Crippen LogP contribution >= 0.6 is 0 Å². The van der Waals surface area contributed by atoms with Crippen LogP contribution in [0.4, 0.5) is 10.2 Å². The van der Waals surface area contributed by atoms with Crippen molar-refractivity contribution < 1.29 is 23.7 Å². The number of nitrogens with two attached hydrogens (primary N) is 1. The number of anilines is 1. The molecule has 2 atom stereocenters. The third-order valence-corrected chi connectivity index (χ3v) is 6.71. The summed E-state index contributed by atoms with van der Waals surface area (Å²) >= 11 is 0. The van der Waals surface area contributed by atoms with Crippen LogP contribution in [0.5, 0.6) is 11.5 Å². The molecular formula is C26H25FN4O4. The lowest BCUT2D eigenvalue weighted by atomic mass is 9.98. The fraction of sp³-hybridized carbons (Fsp3) is 0.308. The van der Waals surface area contributed by atoms with Gasteiger partial charge in [0, 0.05) is 29.4 Å². The summed E-state index contributed by atoms with van der Waals surface area (Å²) in [6.07, 6.45) is 5.01. The first kappa shape index (κ1) is 22.0. The van der Waals surface area contributed by atoms with Gasteiger partial charge in [0.15, 0.2) is 11.6 Å². The average Bonchev–Trinajstić information content (AvgIpc) is 3.53. The highest BCUT2D eigenvalue weighted by Gasteiger charge is 2.28. The third kappa shape index (κ3) is 3.91. The fourth-order valence-corrected chi connectivity index (χ4v) is 4.81. The predicted octanol–water partition coefficient (Wildman–Crippen LogP) is 4.20. The van der Waals surface area contributed by atoms with Crippen LogP contribution in [0.15, 0.2) is 48.8 Å². The molecule has 1 fully saturated rings. The second-order valence-corrected chi connectivity index (χ2v) is 8.90. The summed E-state index contributed by atoms with van der Waals surface area (Å²) in [4.78, 5) is 9.21. The number of fused-ring (bicyclic) bond motifs is 2. The monoisotopic (exact) mass is 476 g/mol. The van der Waals surface area contributed by atoms with E-state index in [1.54, 1.807) is 24.4 Å². The van der Waals surface area contributed by atoms with E-state index in [9.17, 15) is 9.50 Å². The minimum atomic E-state index is -0.384. The zero-order valence-corrected chi connectivity index (χ0v) is 19.0. The highest BCUT2D eigenvalue weighted by atomic mass is 19.1. The SMILES string of the molecule is Nc1nccn2c(C3CCC(CO)OC3)nc(-c3ccc(Oc4ccc5c(c4F)COC5)cc3)c12. The van der Waals surface area contributed by atoms with Gasteiger partial charge in [-0.15, -0.1) is 0 Å². The van der Waals surface area contributed by atoms with Crippen molar-refractivity contribution in [2.45, 2.75) is 38.1 Å². The molecule has 0 radical (unpaired) electrons. The highest BCUT2D eigenvalue weighted by molar-refractivity contribution is 5.85. The molecule has 2 aliphatic rings. The van der Waals surface area contributed by atoms with Gasteiger partial charge in [-0.2, -0.15) is 0 Å². The summed E-state index contributed by atoms with van der Waals surface area (Å²) < 4.78 is 33.7. The number of aliphatic hydroxyl groups excluding tert-OH is 1. The second-order valence-electron chi connectivity index (χ2n) is 8.90. The molecule has 2 aromatic heterocycles. The lowest BCUT2D eigenvalue weighted by Crippen LogP contribution is -2.28. The Labute approximate surface area is 201 Å². The van der Waals surface area contributed by atoms with Crippen LogP contribution in [0, 0.1) is 5.82 Å². The van der Waals surface area contributed by atoms with Crippen molar-refractivity contribution in [1.82, 2.24) is 14.4 Å². The van der Waals surface area contributed by atoms with E-state index in [1.165, 1.54) is 0 Å². The summed E-state index contributed by atoms with van der Waals surface area (Å²) in [6.45, 7) is 1.19. The molecule has 8 nitrogen and oxygen atoms in total. The van der Waals surface area contributed by atoms with Crippen LogP contribution in [0.1, 0.15) is 35.7 Å². The van der Waals surface area contributed by atoms with Crippen LogP contribution < -0.4 is 10.5 Å². The molecule has 0 bridgehead atoms. The number of hydrogen-bond donors (Lipinski definition) is 2. The van der Waals surface area contributed by atoms with Gasteiger partial charge in [0.25, 0.3) is 0 Å². The average molecular weight is 477 g/mol. The van der Waals surface area contributed by atoms with E-state index in [0.717, 1.165) is 35.3 Å². The summed E-state index contributed by atoms with van der Waals surface area (Å²) in [7, 11) is 0. The Hall–Kier alpha value is -3.53. The number of hydrogen-bond acceptors (Lipinski definition) is 7. The minimum Gasteiger partial charge on any atom is -0.454 e. The predicted molar refractivity (Wildman–Crippen MR) is 127 cm³/mol. The first-order valence-corrected chi connectivity index (χ1v) is 11.6. The van der Waals surface area contributed by atoms with E-state index in [2.05, 4.69) is 4.98 Å². The second kappa shape index (κ2) is 8.92. The summed E-state index contributed by atoms with van der Waals surface area (Å²) in [5.74, 6) is 1.61. The van der Waals surface area contributed by atoms with E-state index in [0.29, 0.717) is 36.0 Å². The molecule has 2 aliphatic heterocycles. The molecule has 2 aromatic carbocycles. The zero-order chi connectivity index (χ0) is 23.9. The smallest absolute Gasteiger partial charge is 0.171 e. The number of ether oxygens (including phenoxy) is 3. The van der Waals surface area contributed by atoms with Crippen LogP contribution in [0.2, 0.25) is 0 Å². The number of nitrogens with zero attached hydrogens (tertiary/aromatic N) is 3. The molecule has 2 unspecified atom stereocenters. The number of benzene rings is 2. The Kier molecular flexibility index (Phi) is 5.60. The van der Waals surface area contributed by atoms with Gasteiger partial charge in [-0.25, -0.2) is 14.4 Å². The Balaban J connectivity index is 1.31. The van der Waals surface area contributed by atoms with Gasteiger partial charge >= 0.3 is 0 Å². The van der Waals surface area contributed by atoms with Crippen LogP contribution in [0.3, 0.4) is 0 Å². The van der Waals surface area contributed by atoms with Crippen molar-refractivity contribution >= 4 is 11.3 Å². The first-order chi connectivity index (χ1) is 17.1. The summed E-state index contributed by atoms with van der Waals surface area (Å²) in [5, 5.41) is 9.37. The molecule has 0 saturated carbocycles. The standard InChI is InChI=1S/C26H25FN4O4/c27-22-20-14-33-12-16(20)4-8-21(22)35-18-5-1-15(2-6-18)23-24-25(28)29-9-10-31(24)26(30-23)17-3-7-19(11-32)34-13-17/h1-2,4-6,8-10,17,19,32H,3,7,11-14H2,(H2,28,29). The number of imidazole rings is 1. The maximum absolute atomic E-state index is 14.8. The summed E-state index contributed by atoms with van der Waals surface area (Å²) in [5.41, 5.74) is 9.95. The van der Waals surface area contributed by atoms with Crippen LogP contribution in [-0.4, -0.2) is 38.8 Å². The van der Waals surface area contributed by atoms with Gasteiger partial charge in [0.05, 0.1) is 32.5 Å². The Bertz CT molecular complexity index is 1380. The molecule has 0 amide bonds. The number of halogens is 1. The van der Waals surface area contributed by atoms with Crippen LogP contribution in [0.25, 0.3) is 16.8 Å². The lowest BCUT2D eigenvalue weighted by molar-refractivity contribution is -0.0282. The highest BCUT2D eigenvalue weighted by Crippen LogP contribution is 2.36. The molecule has 6 rings (SSSR count). The Morgan fingerprint density at radius 3 is 2.77 bits per heavy atom.